The highest BCUT2D eigenvalue weighted by Crippen LogP contribution is 2.24. The van der Waals surface area contributed by atoms with Crippen molar-refractivity contribution < 1.29 is 12.9 Å². The summed E-state index contributed by atoms with van der Waals surface area (Å²) in [6, 6.07) is 13.1. The summed E-state index contributed by atoms with van der Waals surface area (Å²) in [4.78, 5) is 9.01. The molecule has 1 aliphatic heterocycles. The first-order valence-corrected chi connectivity index (χ1v) is 10.4. The van der Waals surface area contributed by atoms with E-state index in [1.807, 2.05) is 36.4 Å². The van der Waals surface area contributed by atoms with Crippen LogP contribution in [0.3, 0.4) is 0 Å². The maximum atomic E-state index is 11.7. The lowest BCUT2D eigenvalue weighted by atomic mass is 10.1. The minimum atomic E-state index is -2.98. The third-order valence-electron chi connectivity index (χ3n) is 4.25. The van der Waals surface area contributed by atoms with E-state index >= 15 is 0 Å². The molecular formula is C18H19N5O3S. The van der Waals surface area contributed by atoms with Gasteiger partial charge in [0.05, 0.1) is 17.2 Å². The molecule has 8 nitrogen and oxygen atoms in total. The third-order valence-corrected chi connectivity index (χ3v) is 6.02. The molecule has 140 valence electrons. The second kappa shape index (κ2) is 6.99. The van der Waals surface area contributed by atoms with Crippen LogP contribution < -0.4 is 10.6 Å². The molecule has 1 fully saturated rings. The van der Waals surface area contributed by atoms with Crippen LogP contribution in [0.25, 0.3) is 11.3 Å². The zero-order valence-corrected chi connectivity index (χ0v) is 15.5. The molecule has 3 heterocycles. The molecule has 1 unspecified atom stereocenters. The number of nitrogens with one attached hydrogen (secondary N) is 2. The lowest BCUT2D eigenvalue weighted by Crippen LogP contribution is -2.21. The topological polar surface area (TPSA) is 110 Å². The molecule has 9 heteroatoms. The van der Waals surface area contributed by atoms with Crippen molar-refractivity contribution in [3.8, 4) is 11.3 Å². The van der Waals surface area contributed by atoms with Crippen LogP contribution in [0.1, 0.15) is 12.2 Å². The largest absolute Gasteiger partial charge is 0.366 e. The maximum absolute atomic E-state index is 11.7. The van der Waals surface area contributed by atoms with E-state index in [1.54, 1.807) is 13.0 Å². The maximum Gasteiger partial charge on any atom is 0.231 e. The predicted molar refractivity (Wildman–Crippen MR) is 103 cm³/mol. The Morgan fingerprint density at radius 1 is 1.11 bits per heavy atom. The highest BCUT2D eigenvalue weighted by Gasteiger charge is 2.28. The van der Waals surface area contributed by atoms with E-state index in [4.69, 9.17) is 4.52 Å². The van der Waals surface area contributed by atoms with E-state index in [0.717, 1.165) is 11.3 Å². The summed E-state index contributed by atoms with van der Waals surface area (Å²) in [5.41, 5.74) is 1.65. The van der Waals surface area contributed by atoms with E-state index in [1.165, 1.54) is 0 Å². The second-order valence-electron chi connectivity index (χ2n) is 6.52. The predicted octanol–water partition coefficient (Wildman–Crippen LogP) is 2.78. The summed E-state index contributed by atoms with van der Waals surface area (Å²) in [7, 11) is -2.98. The molecule has 4 rings (SSSR count). The molecule has 0 saturated carbocycles. The van der Waals surface area contributed by atoms with E-state index in [0.29, 0.717) is 29.8 Å². The lowest BCUT2D eigenvalue weighted by molar-refractivity contribution is 0.400. The van der Waals surface area contributed by atoms with Gasteiger partial charge in [0.15, 0.2) is 15.7 Å². The molecule has 0 aliphatic carbocycles. The number of hydrogen-bond acceptors (Lipinski definition) is 8. The number of anilines is 3. The molecule has 0 amide bonds. The molecule has 1 atom stereocenters. The molecule has 3 aromatic rings. The smallest absolute Gasteiger partial charge is 0.231 e. The molecule has 0 spiro atoms. The monoisotopic (exact) mass is 385 g/mol. The highest BCUT2D eigenvalue weighted by atomic mass is 32.2. The number of nitrogens with zero attached hydrogens (tertiary/aromatic N) is 3. The lowest BCUT2D eigenvalue weighted by Gasteiger charge is -2.14. The van der Waals surface area contributed by atoms with Gasteiger partial charge in [0.1, 0.15) is 11.6 Å². The summed E-state index contributed by atoms with van der Waals surface area (Å²) >= 11 is 0. The zero-order valence-electron chi connectivity index (χ0n) is 14.7. The first kappa shape index (κ1) is 17.5. The van der Waals surface area contributed by atoms with Crippen LogP contribution in [0.15, 0.2) is 47.0 Å². The molecular weight excluding hydrogens is 366 g/mol. The van der Waals surface area contributed by atoms with Crippen LogP contribution in [0, 0.1) is 6.92 Å². The van der Waals surface area contributed by atoms with Gasteiger partial charge in [-0.2, -0.15) is 4.98 Å². The Balaban J connectivity index is 1.66. The average Bonchev–Trinajstić information content (AvgIpc) is 3.20. The van der Waals surface area contributed by atoms with E-state index in [2.05, 4.69) is 25.8 Å². The van der Waals surface area contributed by atoms with E-state index < -0.39 is 9.84 Å². The van der Waals surface area contributed by atoms with Crippen molar-refractivity contribution in [3.05, 3.63) is 48.2 Å². The van der Waals surface area contributed by atoms with Gasteiger partial charge < -0.3 is 15.2 Å². The van der Waals surface area contributed by atoms with Crippen molar-refractivity contribution in [1.82, 2.24) is 15.1 Å². The molecule has 0 radical (unpaired) electrons. The fourth-order valence-corrected chi connectivity index (χ4v) is 4.67. The van der Waals surface area contributed by atoms with Gasteiger partial charge in [0.25, 0.3) is 0 Å². The van der Waals surface area contributed by atoms with Crippen molar-refractivity contribution in [2.75, 3.05) is 22.1 Å². The van der Waals surface area contributed by atoms with Gasteiger partial charge in [-0.05, 0) is 13.3 Å². The fourth-order valence-electron chi connectivity index (χ4n) is 2.99. The number of hydrogen-bond donors (Lipinski definition) is 2. The van der Waals surface area contributed by atoms with Gasteiger partial charge in [0, 0.05) is 23.7 Å². The van der Waals surface area contributed by atoms with Crippen LogP contribution in [0.5, 0.6) is 0 Å². The Bertz CT molecular complexity index is 1050. The number of benzene rings is 1. The zero-order chi connectivity index (χ0) is 18.9. The molecule has 0 bridgehead atoms. The average molecular weight is 385 g/mol. The molecule has 2 aromatic heterocycles. The van der Waals surface area contributed by atoms with E-state index in [-0.39, 0.29) is 17.5 Å². The molecule has 27 heavy (non-hydrogen) atoms. The molecule has 1 aliphatic rings. The van der Waals surface area contributed by atoms with Crippen LogP contribution in [0.4, 0.5) is 17.6 Å². The quantitative estimate of drug-likeness (QED) is 0.690. The normalized spacial score (nSPS) is 18.3. The van der Waals surface area contributed by atoms with Crippen LogP contribution in [-0.2, 0) is 9.84 Å². The van der Waals surface area contributed by atoms with Gasteiger partial charge in [-0.15, -0.1) is 0 Å². The summed E-state index contributed by atoms with van der Waals surface area (Å²) in [6.07, 6.45) is 0.568. The summed E-state index contributed by atoms with van der Waals surface area (Å²) in [6.45, 7) is 1.80. The van der Waals surface area contributed by atoms with Gasteiger partial charge in [-0.3, -0.25) is 0 Å². The number of rotatable bonds is 5. The van der Waals surface area contributed by atoms with Gasteiger partial charge >= 0.3 is 0 Å². The Morgan fingerprint density at radius 3 is 2.59 bits per heavy atom. The first-order chi connectivity index (χ1) is 13.0. The van der Waals surface area contributed by atoms with Crippen LogP contribution in [-0.4, -0.2) is 41.1 Å². The Morgan fingerprint density at radius 2 is 1.93 bits per heavy atom. The van der Waals surface area contributed by atoms with E-state index in [9.17, 15) is 8.42 Å². The summed E-state index contributed by atoms with van der Waals surface area (Å²) in [5.74, 6) is 2.41. The van der Waals surface area contributed by atoms with Crippen molar-refractivity contribution in [2.24, 2.45) is 0 Å². The van der Waals surface area contributed by atoms with Gasteiger partial charge in [-0.25, -0.2) is 13.4 Å². The van der Waals surface area contributed by atoms with Crippen molar-refractivity contribution in [3.63, 3.8) is 0 Å². The molecule has 2 N–H and O–H groups in total. The number of sulfone groups is 1. The van der Waals surface area contributed by atoms with Gasteiger partial charge in [0.2, 0.25) is 5.95 Å². The Labute approximate surface area is 156 Å². The van der Waals surface area contributed by atoms with Crippen LogP contribution in [0.2, 0.25) is 0 Å². The SMILES string of the molecule is Cc1cc(Nc2nc(NC3CCS(=O)(=O)C3)cc(-c3ccccc3)n2)no1. The van der Waals surface area contributed by atoms with Crippen molar-refractivity contribution >= 4 is 27.4 Å². The molecule has 1 saturated heterocycles. The first-order valence-electron chi connectivity index (χ1n) is 8.59. The van der Waals surface area contributed by atoms with Gasteiger partial charge in [-0.1, -0.05) is 35.5 Å². The Kier molecular flexibility index (Phi) is 4.53. The van der Waals surface area contributed by atoms with Crippen molar-refractivity contribution in [1.29, 1.82) is 0 Å². The minimum Gasteiger partial charge on any atom is -0.366 e. The minimum absolute atomic E-state index is 0.114. The number of aromatic nitrogens is 3. The highest BCUT2D eigenvalue weighted by molar-refractivity contribution is 7.91. The fraction of sp³-hybridized carbons (Fsp3) is 0.278. The Hall–Kier alpha value is -2.94. The van der Waals surface area contributed by atoms with Crippen molar-refractivity contribution in [2.45, 2.75) is 19.4 Å². The standard InChI is InChI=1S/C18H19N5O3S/c1-12-9-17(23-26-12)22-18-20-15(13-5-3-2-4-6-13)10-16(21-18)19-14-7-8-27(24,25)11-14/h2-6,9-10,14H,7-8,11H2,1H3,(H2,19,20,21,22,23). The summed E-state index contributed by atoms with van der Waals surface area (Å²) in [5, 5.41) is 10.2. The third kappa shape index (κ3) is 4.25. The summed E-state index contributed by atoms with van der Waals surface area (Å²) < 4.78 is 28.5. The molecule has 1 aromatic carbocycles. The second-order valence-corrected chi connectivity index (χ2v) is 8.75. The number of aryl methyl sites for hydroxylation is 1. The van der Waals surface area contributed by atoms with Crippen LogP contribution >= 0.6 is 0 Å².